The number of likely N-dealkylation sites (tertiary alicyclic amines) is 1. The smallest absolute Gasteiger partial charge is 0.235 e. The van der Waals surface area contributed by atoms with Crippen molar-refractivity contribution >= 4 is 16.8 Å². The van der Waals surface area contributed by atoms with Crippen LogP contribution >= 0.6 is 0 Å². The molecule has 2 aromatic heterocycles. The van der Waals surface area contributed by atoms with Crippen molar-refractivity contribution in [2.24, 2.45) is 0 Å². The standard InChI is InChI=1S/C20H18FN5O2/c1-11-20(28-18-10-26(12(2)27)9-16(18)21)24-8-17(25-11)15-7-23-19-13(6-22)4-3-5-14(15)19/h3-5,7-8,16,18,23H,9-10H2,1-2H3/t16-,18-/m0/s1. The molecule has 1 fully saturated rings. The molecule has 0 unspecified atom stereocenters. The predicted molar refractivity (Wildman–Crippen MR) is 100 cm³/mol. The van der Waals surface area contributed by atoms with Crippen LogP contribution in [0, 0.1) is 18.3 Å². The summed E-state index contributed by atoms with van der Waals surface area (Å²) >= 11 is 0. The van der Waals surface area contributed by atoms with Crippen LogP contribution in [0.2, 0.25) is 0 Å². The van der Waals surface area contributed by atoms with Crippen molar-refractivity contribution in [2.45, 2.75) is 26.1 Å². The van der Waals surface area contributed by atoms with Crippen LogP contribution in [0.1, 0.15) is 18.2 Å². The Bertz CT molecular complexity index is 1100. The number of nitrogens with one attached hydrogen (secondary N) is 1. The summed E-state index contributed by atoms with van der Waals surface area (Å²) in [6.45, 7) is 3.38. The predicted octanol–water partition coefficient (Wildman–Crippen LogP) is 2.75. The summed E-state index contributed by atoms with van der Waals surface area (Å²) in [6, 6.07) is 7.63. The highest BCUT2D eigenvalue weighted by Crippen LogP contribution is 2.30. The first-order valence-corrected chi connectivity index (χ1v) is 8.88. The van der Waals surface area contributed by atoms with Gasteiger partial charge < -0.3 is 14.6 Å². The lowest BCUT2D eigenvalue weighted by atomic mass is 10.1. The molecule has 0 aliphatic carbocycles. The Hall–Kier alpha value is -3.47. The summed E-state index contributed by atoms with van der Waals surface area (Å²) in [5.41, 5.74) is 3.27. The fourth-order valence-corrected chi connectivity index (χ4v) is 3.42. The zero-order valence-electron chi connectivity index (χ0n) is 15.4. The van der Waals surface area contributed by atoms with Crippen molar-refractivity contribution in [3.63, 3.8) is 0 Å². The lowest BCUT2D eigenvalue weighted by Gasteiger charge is -2.16. The SMILES string of the molecule is CC(=O)N1C[C@H](Oc2ncc(-c3c[nH]c4c(C#N)cccc34)nc2C)[C@@H](F)C1. The topological polar surface area (TPSA) is 94.9 Å². The maximum absolute atomic E-state index is 14.2. The Balaban J connectivity index is 1.61. The van der Waals surface area contributed by atoms with Crippen LogP contribution in [-0.4, -0.2) is 51.1 Å². The summed E-state index contributed by atoms with van der Waals surface area (Å²) < 4.78 is 19.9. The van der Waals surface area contributed by atoms with E-state index in [4.69, 9.17) is 4.74 Å². The Morgan fingerprint density at radius 2 is 2.25 bits per heavy atom. The molecule has 0 radical (unpaired) electrons. The van der Waals surface area contributed by atoms with Gasteiger partial charge in [-0.1, -0.05) is 12.1 Å². The summed E-state index contributed by atoms with van der Waals surface area (Å²) in [7, 11) is 0. The fraction of sp³-hybridized carbons (Fsp3) is 0.300. The number of H-pyrrole nitrogens is 1. The van der Waals surface area contributed by atoms with E-state index < -0.39 is 12.3 Å². The number of carbonyl (C=O) groups excluding carboxylic acids is 1. The molecule has 1 N–H and O–H groups in total. The second-order valence-corrected chi connectivity index (χ2v) is 6.78. The molecule has 1 aromatic carbocycles. The average Bonchev–Trinajstić information content (AvgIpc) is 3.27. The van der Waals surface area contributed by atoms with Gasteiger partial charge in [-0.15, -0.1) is 0 Å². The summed E-state index contributed by atoms with van der Waals surface area (Å²) in [5.74, 6) is 0.0716. The highest BCUT2D eigenvalue weighted by atomic mass is 19.1. The maximum atomic E-state index is 14.2. The molecule has 7 nitrogen and oxygen atoms in total. The molecule has 3 aromatic rings. The van der Waals surface area contributed by atoms with E-state index in [2.05, 4.69) is 21.0 Å². The number of aromatic nitrogens is 3. The Kier molecular flexibility index (Phi) is 4.43. The van der Waals surface area contributed by atoms with Gasteiger partial charge in [0.15, 0.2) is 12.3 Å². The second kappa shape index (κ2) is 6.93. The van der Waals surface area contributed by atoms with Gasteiger partial charge >= 0.3 is 0 Å². The molecule has 1 saturated heterocycles. The van der Waals surface area contributed by atoms with Gasteiger partial charge in [0.2, 0.25) is 11.8 Å². The Morgan fingerprint density at radius 3 is 2.93 bits per heavy atom. The quantitative estimate of drug-likeness (QED) is 0.755. The number of rotatable bonds is 3. The lowest BCUT2D eigenvalue weighted by molar-refractivity contribution is -0.128. The molecule has 1 aliphatic rings. The molecule has 28 heavy (non-hydrogen) atoms. The van der Waals surface area contributed by atoms with Crippen molar-refractivity contribution in [2.75, 3.05) is 13.1 Å². The first kappa shape index (κ1) is 17.9. The number of hydrogen-bond donors (Lipinski definition) is 1. The summed E-state index contributed by atoms with van der Waals surface area (Å²) in [4.78, 5) is 24.8. The number of para-hydroxylation sites is 1. The number of aryl methyl sites for hydroxylation is 1. The van der Waals surface area contributed by atoms with Crippen molar-refractivity contribution < 1.29 is 13.9 Å². The van der Waals surface area contributed by atoms with Gasteiger partial charge in [-0.2, -0.15) is 5.26 Å². The molecular formula is C20H18FN5O2. The van der Waals surface area contributed by atoms with Crippen molar-refractivity contribution in [3.05, 3.63) is 41.9 Å². The number of alkyl halides is 1. The third-order valence-electron chi connectivity index (χ3n) is 4.92. The Labute approximate surface area is 160 Å². The van der Waals surface area contributed by atoms with E-state index in [1.54, 1.807) is 25.4 Å². The van der Waals surface area contributed by atoms with E-state index in [1.165, 1.54) is 11.8 Å². The van der Waals surface area contributed by atoms with Gasteiger partial charge in [-0.05, 0) is 13.0 Å². The highest BCUT2D eigenvalue weighted by Gasteiger charge is 2.36. The molecular weight excluding hydrogens is 361 g/mol. The fourth-order valence-electron chi connectivity index (χ4n) is 3.42. The number of hydrogen-bond acceptors (Lipinski definition) is 5. The van der Waals surface area contributed by atoms with Gasteiger partial charge in [-0.3, -0.25) is 4.79 Å². The van der Waals surface area contributed by atoms with E-state index in [1.807, 2.05) is 12.1 Å². The van der Waals surface area contributed by atoms with Crippen LogP contribution in [0.4, 0.5) is 4.39 Å². The summed E-state index contributed by atoms with van der Waals surface area (Å²) in [5, 5.41) is 10.1. The highest BCUT2D eigenvalue weighted by molar-refractivity contribution is 5.97. The number of amides is 1. The van der Waals surface area contributed by atoms with Gasteiger partial charge in [0.25, 0.3) is 0 Å². The number of ether oxygens (including phenoxy) is 1. The van der Waals surface area contributed by atoms with E-state index in [0.717, 1.165) is 16.5 Å². The van der Waals surface area contributed by atoms with Crippen molar-refractivity contribution in [1.29, 1.82) is 5.26 Å². The minimum atomic E-state index is -1.26. The first-order chi connectivity index (χ1) is 13.5. The molecule has 3 heterocycles. The largest absolute Gasteiger partial charge is 0.468 e. The van der Waals surface area contributed by atoms with Crippen LogP contribution in [-0.2, 0) is 4.79 Å². The monoisotopic (exact) mass is 379 g/mol. The maximum Gasteiger partial charge on any atom is 0.235 e. The van der Waals surface area contributed by atoms with E-state index in [-0.39, 0.29) is 24.9 Å². The van der Waals surface area contributed by atoms with Gasteiger partial charge in [0.05, 0.1) is 36.1 Å². The number of benzene rings is 1. The van der Waals surface area contributed by atoms with Crippen molar-refractivity contribution in [1.82, 2.24) is 19.9 Å². The van der Waals surface area contributed by atoms with Crippen LogP contribution in [0.5, 0.6) is 5.88 Å². The van der Waals surface area contributed by atoms with E-state index >= 15 is 0 Å². The molecule has 0 spiro atoms. The molecule has 2 atom stereocenters. The van der Waals surface area contributed by atoms with E-state index in [9.17, 15) is 14.4 Å². The third-order valence-corrected chi connectivity index (χ3v) is 4.92. The zero-order chi connectivity index (χ0) is 19.8. The Morgan fingerprint density at radius 1 is 1.43 bits per heavy atom. The molecule has 1 aliphatic heterocycles. The zero-order valence-corrected chi connectivity index (χ0v) is 15.4. The normalized spacial score (nSPS) is 19.0. The molecule has 1 amide bonds. The lowest BCUT2D eigenvalue weighted by Crippen LogP contribution is -2.29. The molecule has 0 saturated carbocycles. The molecule has 4 rings (SSSR count). The van der Waals surface area contributed by atoms with Crippen LogP contribution in [0.25, 0.3) is 22.2 Å². The number of halogens is 1. The second-order valence-electron chi connectivity index (χ2n) is 6.78. The third kappa shape index (κ3) is 3.05. The van der Waals surface area contributed by atoms with Gasteiger partial charge in [0.1, 0.15) is 11.8 Å². The average molecular weight is 379 g/mol. The van der Waals surface area contributed by atoms with E-state index in [0.29, 0.717) is 17.0 Å². The number of nitrogens with zero attached hydrogens (tertiary/aromatic N) is 4. The first-order valence-electron chi connectivity index (χ1n) is 8.88. The van der Waals surface area contributed by atoms with Crippen LogP contribution in [0.15, 0.2) is 30.6 Å². The number of nitriles is 1. The number of carbonyl (C=O) groups is 1. The minimum absolute atomic E-state index is 0.0289. The molecule has 142 valence electrons. The minimum Gasteiger partial charge on any atom is -0.468 e. The van der Waals surface area contributed by atoms with Gasteiger partial charge in [-0.25, -0.2) is 14.4 Å². The van der Waals surface area contributed by atoms with Gasteiger partial charge in [0, 0.05) is 24.1 Å². The summed E-state index contributed by atoms with van der Waals surface area (Å²) in [6.07, 6.45) is 1.33. The van der Waals surface area contributed by atoms with Crippen LogP contribution in [0.3, 0.4) is 0 Å². The van der Waals surface area contributed by atoms with Crippen molar-refractivity contribution in [3.8, 4) is 23.2 Å². The molecule has 8 heteroatoms. The number of aromatic amines is 1. The van der Waals surface area contributed by atoms with Crippen LogP contribution < -0.4 is 4.74 Å². The number of fused-ring (bicyclic) bond motifs is 1. The molecule has 0 bridgehead atoms.